The normalized spacial score (nSPS) is 16.7. The van der Waals surface area contributed by atoms with Crippen molar-refractivity contribution < 1.29 is 28.9 Å². The van der Waals surface area contributed by atoms with Crippen molar-refractivity contribution in [3.8, 4) is 16.9 Å². The summed E-state index contributed by atoms with van der Waals surface area (Å²) in [6.07, 6.45) is 1.02. The van der Waals surface area contributed by atoms with Crippen LogP contribution in [0.5, 0.6) is 5.75 Å². The predicted octanol–water partition coefficient (Wildman–Crippen LogP) is 3.86. The van der Waals surface area contributed by atoms with E-state index < -0.39 is 29.9 Å². The van der Waals surface area contributed by atoms with Gasteiger partial charge in [0.15, 0.2) is 0 Å². The van der Waals surface area contributed by atoms with Gasteiger partial charge in [0, 0.05) is 12.4 Å². The van der Waals surface area contributed by atoms with E-state index in [0.29, 0.717) is 11.3 Å². The molecule has 170 valence electrons. The van der Waals surface area contributed by atoms with E-state index in [9.17, 15) is 14.7 Å². The molecular formula is C26H25NO6. The van der Waals surface area contributed by atoms with Crippen molar-refractivity contribution in [2.24, 2.45) is 5.92 Å². The maximum atomic E-state index is 11.9. The second-order valence-electron chi connectivity index (χ2n) is 8.26. The van der Waals surface area contributed by atoms with Crippen LogP contribution < -0.4 is 4.74 Å². The summed E-state index contributed by atoms with van der Waals surface area (Å²) >= 11 is 0. The van der Waals surface area contributed by atoms with Crippen LogP contribution in [0.2, 0.25) is 0 Å². The molecule has 0 saturated carbocycles. The van der Waals surface area contributed by atoms with Crippen LogP contribution in [0, 0.1) is 5.92 Å². The van der Waals surface area contributed by atoms with E-state index in [1.807, 2.05) is 68.4 Å². The number of nitrogens with zero attached hydrogens (tertiary/aromatic N) is 1. The second kappa shape index (κ2) is 9.42. The van der Waals surface area contributed by atoms with Crippen LogP contribution in [-0.2, 0) is 24.8 Å². The standard InChI is InChI=1S/C26H25NO6/c1-17(2)23(31-21-12-10-19(11-13-21)18-7-4-3-5-8-18)22(28)15-26(20-9-6-14-27-16-20)32-24(29)25(30)33-26/h3-14,16-17,22-23,28H,15H2,1-2H3/t22-,23+/m1/s1. The molecule has 1 aliphatic heterocycles. The average Bonchev–Trinajstić information content (AvgIpc) is 3.12. The molecule has 33 heavy (non-hydrogen) atoms. The predicted molar refractivity (Wildman–Crippen MR) is 120 cm³/mol. The fourth-order valence-electron chi connectivity index (χ4n) is 3.87. The van der Waals surface area contributed by atoms with Gasteiger partial charge in [-0.05, 0) is 41.3 Å². The second-order valence-corrected chi connectivity index (χ2v) is 8.26. The number of benzene rings is 2. The third-order valence-corrected chi connectivity index (χ3v) is 5.53. The number of hydrogen-bond donors (Lipinski definition) is 1. The minimum atomic E-state index is -1.75. The number of pyridine rings is 1. The highest BCUT2D eigenvalue weighted by molar-refractivity contribution is 6.31. The summed E-state index contributed by atoms with van der Waals surface area (Å²) in [5.74, 6) is -3.47. The van der Waals surface area contributed by atoms with E-state index in [0.717, 1.165) is 11.1 Å². The van der Waals surface area contributed by atoms with Crippen LogP contribution in [0.3, 0.4) is 0 Å². The highest BCUT2D eigenvalue weighted by Gasteiger charge is 2.52. The highest BCUT2D eigenvalue weighted by atomic mass is 16.8. The van der Waals surface area contributed by atoms with Crippen molar-refractivity contribution in [2.75, 3.05) is 0 Å². The Labute approximate surface area is 192 Å². The molecular weight excluding hydrogens is 422 g/mol. The molecule has 0 amide bonds. The number of esters is 2. The van der Waals surface area contributed by atoms with Crippen molar-refractivity contribution in [3.63, 3.8) is 0 Å². The molecule has 3 aromatic rings. The highest BCUT2D eigenvalue weighted by Crippen LogP contribution is 2.38. The number of aromatic nitrogens is 1. The largest absolute Gasteiger partial charge is 0.487 e. The summed E-state index contributed by atoms with van der Waals surface area (Å²) < 4.78 is 16.7. The van der Waals surface area contributed by atoms with Gasteiger partial charge in [-0.1, -0.05) is 56.3 Å². The van der Waals surface area contributed by atoms with E-state index in [-0.39, 0.29) is 12.3 Å². The fourth-order valence-corrected chi connectivity index (χ4v) is 3.87. The van der Waals surface area contributed by atoms with Crippen LogP contribution in [0.4, 0.5) is 0 Å². The first-order chi connectivity index (χ1) is 15.9. The van der Waals surface area contributed by atoms with E-state index in [1.54, 1.807) is 18.3 Å². The summed E-state index contributed by atoms with van der Waals surface area (Å²) in [6.45, 7) is 3.82. The lowest BCUT2D eigenvalue weighted by atomic mass is 9.93. The van der Waals surface area contributed by atoms with E-state index in [4.69, 9.17) is 14.2 Å². The van der Waals surface area contributed by atoms with Gasteiger partial charge in [0.05, 0.1) is 18.1 Å². The van der Waals surface area contributed by atoms with Crippen LogP contribution in [0.15, 0.2) is 79.1 Å². The molecule has 1 N–H and O–H groups in total. The molecule has 1 saturated heterocycles. The molecule has 4 rings (SSSR count). The maximum absolute atomic E-state index is 11.9. The van der Waals surface area contributed by atoms with Crippen LogP contribution in [-0.4, -0.2) is 34.2 Å². The lowest BCUT2D eigenvalue weighted by Crippen LogP contribution is -2.42. The Hall–Kier alpha value is -3.71. The third kappa shape index (κ3) is 4.88. The van der Waals surface area contributed by atoms with Gasteiger partial charge in [0.2, 0.25) is 0 Å². The smallest absolute Gasteiger partial charge is 0.421 e. The van der Waals surface area contributed by atoms with E-state index in [2.05, 4.69) is 4.98 Å². The molecule has 1 aliphatic rings. The first-order valence-corrected chi connectivity index (χ1v) is 10.7. The van der Waals surface area contributed by atoms with Gasteiger partial charge in [0.1, 0.15) is 11.9 Å². The van der Waals surface area contributed by atoms with Crippen LogP contribution in [0.25, 0.3) is 11.1 Å². The molecule has 0 spiro atoms. The molecule has 1 aromatic heterocycles. The Morgan fingerprint density at radius 2 is 1.55 bits per heavy atom. The van der Waals surface area contributed by atoms with Gasteiger partial charge in [-0.2, -0.15) is 0 Å². The molecule has 0 bridgehead atoms. The lowest BCUT2D eigenvalue weighted by Gasteiger charge is -2.33. The van der Waals surface area contributed by atoms with Gasteiger partial charge in [-0.15, -0.1) is 0 Å². The fraction of sp³-hybridized carbons (Fsp3) is 0.269. The molecule has 7 heteroatoms. The van der Waals surface area contributed by atoms with Gasteiger partial charge >= 0.3 is 11.9 Å². The van der Waals surface area contributed by atoms with Crippen molar-refractivity contribution in [3.05, 3.63) is 84.7 Å². The zero-order valence-corrected chi connectivity index (χ0v) is 18.4. The average molecular weight is 447 g/mol. The number of carbonyl (C=O) groups is 2. The number of cyclic esters (lactones) is 2. The zero-order valence-electron chi connectivity index (χ0n) is 18.4. The van der Waals surface area contributed by atoms with Gasteiger partial charge in [0.25, 0.3) is 5.79 Å². The third-order valence-electron chi connectivity index (χ3n) is 5.53. The van der Waals surface area contributed by atoms with Gasteiger partial charge < -0.3 is 19.3 Å². The van der Waals surface area contributed by atoms with Crippen LogP contribution in [0.1, 0.15) is 25.8 Å². The quantitative estimate of drug-likeness (QED) is 0.414. The minimum absolute atomic E-state index is 0.0902. The number of ether oxygens (including phenoxy) is 3. The van der Waals surface area contributed by atoms with Crippen molar-refractivity contribution in [1.82, 2.24) is 4.98 Å². The van der Waals surface area contributed by atoms with Crippen molar-refractivity contribution in [1.29, 1.82) is 0 Å². The summed E-state index contributed by atoms with van der Waals surface area (Å²) in [6, 6.07) is 20.8. The Kier molecular flexibility index (Phi) is 6.42. The van der Waals surface area contributed by atoms with Gasteiger partial charge in [-0.3, -0.25) is 4.98 Å². The molecule has 0 aliphatic carbocycles. The van der Waals surface area contributed by atoms with Crippen LogP contribution >= 0.6 is 0 Å². The number of aliphatic hydroxyl groups excluding tert-OH is 1. The number of carbonyl (C=O) groups excluding carboxylic acids is 2. The maximum Gasteiger partial charge on any atom is 0.421 e. The zero-order chi connectivity index (χ0) is 23.4. The minimum Gasteiger partial charge on any atom is -0.487 e. The molecule has 2 aromatic carbocycles. The summed E-state index contributed by atoms with van der Waals surface area (Å²) in [5, 5.41) is 11.1. The molecule has 0 unspecified atom stereocenters. The SMILES string of the molecule is CC(C)[C@H](Oc1ccc(-c2ccccc2)cc1)[C@H](O)CC1(c2cccnc2)OC(=O)C(=O)O1. The molecule has 0 radical (unpaired) electrons. The van der Waals surface area contributed by atoms with E-state index in [1.165, 1.54) is 6.20 Å². The van der Waals surface area contributed by atoms with Gasteiger partial charge in [-0.25, -0.2) is 9.59 Å². The first-order valence-electron chi connectivity index (χ1n) is 10.7. The molecule has 1 fully saturated rings. The number of aliphatic hydroxyl groups is 1. The molecule has 2 heterocycles. The molecule has 2 atom stereocenters. The lowest BCUT2D eigenvalue weighted by molar-refractivity contribution is -0.201. The number of rotatable bonds is 8. The summed E-state index contributed by atoms with van der Waals surface area (Å²) in [7, 11) is 0. The van der Waals surface area contributed by atoms with Crippen molar-refractivity contribution >= 4 is 11.9 Å². The monoisotopic (exact) mass is 447 g/mol. The number of hydrogen-bond acceptors (Lipinski definition) is 7. The Morgan fingerprint density at radius 1 is 0.909 bits per heavy atom. The van der Waals surface area contributed by atoms with Crippen molar-refractivity contribution in [2.45, 2.75) is 38.3 Å². The summed E-state index contributed by atoms with van der Waals surface area (Å²) in [4.78, 5) is 27.7. The first kappa shape index (κ1) is 22.5. The van der Waals surface area contributed by atoms with E-state index >= 15 is 0 Å². The summed E-state index contributed by atoms with van der Waals surface area (Å²) in [5.41, 5.74) is 2.50. The Morgan fingerprint density at radius 3 is 2.12 bits per heavy atom. The molecule has 7 nitrogen and oxygen atoms in total. The Bertz CT molecular complexity index is 1080. The Balaban J connectivity index is 1.54. The topological polar surface area (TPSA) is 95.0 Å².